The van der Waals surface area contributed by atoms with Gasteiger partial charge in [-0.05, 0) is 31.0 Å². The maximum Gasteiger partial charge on any atom is 0.105 e. The van der Waals surface area contributed by atoms with Gasteiger partial charge in [0.25, 0.3) is 0 Å². The van der Waals surface area contributed by atoms with E-state index < -0.39 is 0 Å². The van der Waals surface area contributed by atoms with E-state index in [9.17, 15) is 0 Å². The number of hydrogen-bond donors (Lipinski definition) is 1. The van der Waals surface area contributed by atoms with Gasteiger partial charge in [-0.2, -0.15) is 0 Å². The highest BCUT2D eigenvalue weighted by Crippen LogP contribution is 2.35. The van der Waals surface area contributed by atoms with Crippen molar-refractivity contribution in [1.29, 1.82) is 0 Å². The first-order valence-electron chi connectivity index (χ1n) is 4.78. The van der Waals surface area contributed by atoms with Crippen molar-refractivity contribution in [2.24, 2.45) is 5.73 Å². The maximum absolute atomic E-state index is 6.03. The van der Waals surface area contributed by atoms with Crippen LogP contribution in [0.2, 0.25) is 5.02 Å². The summed E-state index contributed by atoms with van der Waals surface area (Å²) in [5.74, 6) is 0. The number of halogens is 1. The van der Waals surface area contributed by atoms with Gasteiger partial charge in [-0.15, -0.1) is 0 Å². The number of ether oxygens (including phenoxy) is 1. The third-order valence-corrected chi connectivity index (χ3v) is 3.17. The summed E-state index contributed by atoms with van der Waals surface area (Å²) in [6.07, 6.45) is 0.906. The van der Waals surface area contributed by atoms with Gasteiger partial charge in [0, 0.05) is 17.7 Å². The van der Waals surface area contributed by atoms with Crippen LogP contribution < -0.4 is 5.73 Å². The molecule has 2 rings (SSSR count). The van der Waals surface area contributed by atoms with Gasteiger partial charge in [-0.3, -0.25) is 0 Å². The van der Waals surface area contributed by atoms with E-state index in [0.717, 1.165) is 23.6 Å². The zero-order valence-corrected chi connectivity index (χ0v) is 8.92. The lowest BCUT2D eigenvalue weighted by atomic mass is 9.89. The van der Waals surface area contributed by atoms with E-state index in [1.807, 2.05) is 31.2 Å². The second-order valence-electron chi connectivity index (χ2n) is 3.86. The molecular formula is C11H14ClNO. The molecule has 0 radical (unpaired) electrons. The molecule has 3 heteroatoms. The second-order valence-corrected chi connectivity index (χ2v) is 4.30. The van der Waals surface area contributed by atoms with Crippen molar-refractivity contribution in [2.75, 3.05) is 6.61 Å². The Morgan fingerprint density at radius 2 is 2.36 bits per heavy atom. The molecule has 0 aromatic heterocycles. The SMILES string of the molecule is CC1(c2cccc(Cl)c2)OCCC1N. The first-order valence-corrected chi connectivity index (χ1v) is 5.16. The van der Waals surface area contributed by atoms with Crippen LogP contribution in [-0.2, 0) is 10.3 Å². The average Bonchev–Trinajstić information content (AvgIpc) is 2.49. The van der Waals surface area contributed by atoms with Crippen molar-refractivity contribution >= 4 is 11.6 Å². The predicted octanol–water partition coefficient (Wildman–Crippen LogP) is 2.30. The fraction of sp³-hybridized carbons (Fsp3) is 0.455. The van der Waals surface area contributed by atoms with Crippen LogP contribution in [0.3, 0.4) is 0 Å². The fourth-order valence-electron chi connectivity index (χ4n) is 1.88. The Labute approximate surface area is 89.0 Å². The highest BCUT2D eigenvalue weighted by molar-refractivity contribution is 6.30. The number of benzene rings is 1. The Bertz CT molecular complexity index is 342. The van der Waals surface area contributed by atoms with Gasteiger partial charge >= 0.3 is 0 Å². The third kappa shape index (κ3) is 1.54. The summed E-state index contributed by atoms with van der Waals surface area (Å²) < 4.78 is 5.71. The first kappa shape index (κ1) is 9.97. The van der Waals surface area contributed by atoms with Crippen molar-refractivity contribution in [1.82, 2.24) is 0 Å². The summed E-state index contributed by atoms with van der Waals surface area (Å²) in [6, 6.07) is 7.77. The zero-order chi connectivity index (χ0) is 10.2. The molecule has 2 atom stereocenters. The molecule has 2 unspecified atom stereocenters. The smallest absolute Gasteiger partial charge is 0.105 e. The second kappa shape index (κ2) is 3.54. The standard InChI is InChI=1S/C11H14ClNO/c1-11(10(13)5-6-14-11)8-3-2-4-9(12)7-8/h2-4,7,10H,5-6,13H2,1H3. The van der Waals surface area contributed by atoms with Crippen LogP contribution in [0.4, 0.5) is 0 Å². The highest BCUT2D eigenvalue weighted by Gasteiger charge is 2.39. The van der Waals surface area contributed by atoms with E-state index in [0.29, 0.717) is 0 Å². The zero-order valence-electron chi connectivity index (χ0n) is 8.16. The first-order chi connectivity index (χ1) is 6.63. The minimum absolute atomic E-state index is 0.0565. The third-order valence-electron chi connectivity index (χ3n) is 2.94. The van der Waals surface area contributed by atoms with E-state index in [1.54, 1.807) is 0 Å². The van der Waals surface area contributed by atoms with Crippen LogP contribution in [0, 0.1) is 0 Å². The topological polar surface area (TPSA) is 35.2 Å². The molecule has 0 spiro atoms. The molecule has 1 fully saturated rings. The van der Waals surface area contributed by atoms with Gasteiger partial charge in [-0.25, -0.2) is 0 Å². The minimum atomic E-state index is -0.370. The largest absolute Gasteiger partial charge is 0.369 e. The van der Waals surface area contributed by atoms with Gasteiger partial charge in [-0.1, -0.05) is 23.7 Å². The molecule has 76 valence electrons. The molecule has 0 amide bonds. The van der Waals surface area contributed by atoms with Crippen LogP contribution in [-0.4, -0.2) is 12.6 Å². The van der Waals surface area contributed by atoms with Crippen LogP contribution in [0.5, 0.6) is 0 Å². The molecule has 14 heavy (non-hydrogen) atoms. The summed E-state index contributed by atoms with van der Waals surface area (Å²) in [7, 11) is 0. The highest BCUT2D eigenvalue weighted by atomic mass is 35.5. The summed E-state index contributed by atoms with van der Waals surface area (Å²) >= 11 is 5.94. The fourth-order valence-corrected chi connectivity index (χ4v) is 2.07. The van der Waals surface area contributed by atoms with Gasteiger partial charge in [0.05, 0.1) is 0 Å². The van der Waals surface area contributed by atoms with Crippen molar-refractivity contribution < 1.29 is 4.74 Å². The summed E-state index contributed by atoms with van der Waals surface area (Å²) in [5.41, 5.74) is 6.72. The average molecular weight is 212 g/mol. The van der Waals surface area contributed by atoms with Crippen LogP contribution in [0.1, 0.15) is 18.9 Å². The normalized spacial score (nSPS) is 32.1. The molecule has 1 heterocycles. The van der Waals surface area contributed by atoms with Gasteiger partial charge < -0.3 is 10.5 Å². The Morgan fingerprint density at radius 3 is 2.93 bits per heavy atom. The van der Waals surface area contributed by atoms with E-state index in [-0.39, 0.29) is 11.6 Å². The lowest BCUT2D eigenvalue weighted by molar-refractivity contribution is 0.00805. The molecule has 2 N–H and O–H groups in total. The summed E-state index contributed by atoms with van der Waals surface area (Å²) in [5, 5.41) is 0.728. The molecule has 1 aliphatic heterocycles. The van der Waals surface area contributed by atoms with Crippen LogP contribution >= 0.6 is 11.6 Å². The van der Waals surface area contributed by atoms with Crippen molar-refractivity contribution in [3.05, 3.63) is 34.9 Å². The Hall–Kier alpha value is -0.570. The number of rotatable bonds is 1. The van der Waals surface area contributed by atoms with E-state index in [4.69, 9.17) is 22.1 Å². The number of nitrogens with two attached hydrogens (primary N) is 1. The summed E-state index contributed by atoms with van der Waals surface area (Å²) in [4.78, 5) is 0. The molecule has 1 saturated heterocycles. The van der Waals surface area contributed by atoms with Gasteiger partial charge in [0.2, 0.25) is 0 Å². The Balaban J connectivity index is 2.38. The quantitative estimate of drug-likeness (QED) is 0.774. The maximum atomic E-state index is 6.03. The summed E-state index contributed by atoms with van der Waals surface area (Å²) in [6.45, 7) is 2.75. The molecule has 1 aromatic rings. The molecule has 1 aromatic carbocycles. The van der Waals surface area contributed by atoms with Crippen LogP contribution in [0.25, 0.3) is 0 Å². The Morgan fingerprint density at radius 1 is 1.57 bits per heavy atom. The van der Waals surface area contributed by atoms with Crippen molar-refractivity contribution in [2.45, 2.75) is 25.0 Å². The number of hydrogen-bond acceptors (Lipinski definition) is 2. The predicted molar refractivity (Wildman–Crippen MR) is 57.3 cm³/mol. The van der Waals surface area contributed by atoms with Gasteiger partial charge in [0.15, 0.2) is 0 Å². The van der Waals surface area contributed by atoms with E-state index in [1.165, 1.54) is 0 Å². The van der Waals surface area contributed by atoms with Gasteiger partial charge in [0.1, 0.15) is 5.60 Å². The molecule has 0 saturated carbocycles. The lowest BCUT2D eigenvalue weighted by Gasteiger charge is -2.28. The molecule has 0 bridgehead atoms. The molecule has 0 aliphatic carbocycles. The van der Waals surface area contributed by atoms with Crippen molar-refractivity contribution in [3.8, 4) is 0 Å². The lowest BCUT2D eigenvalue weighted by Crippen LogP contribution is -2.39. The monoisotopic (exact) mass is 211 g/mol. The minimum Gasteiger partial charge on any atom is -0.369 e. The van der Waals surface area contributed by atoms with E-state index in [2.05, 4.69) is 0 Å². The molecular weight excluding hydrogens is 198 g/mol. The Kier molecular flexibility index (Phi) is 2.52. The molecule has 2 nitrogen and oxygen atoms in total. The van der Waals surface area contributed by atoms with Crippen LogP contribution in [0.15, 0.2) is 24.3 Å². The molecule has 1 aliphatic rings. The van der Waals surface area contributed by atoms with E-state index >= 15 is 0 Å². The van der Waals surface area contributed by atoms with Crippen molar-refractivity contribution in [3.63, 3.8) is 0 Å².